The van der Waals surface area contributed by atoms with Gasteiger partial charge in [-0.25, -0.2) is 9.97 Å². The Bertz CT molecular complexity index is 1040. The molecule has 1 aromatic heterocycles. The molecule has 0 aliphatic heterocycles. The van der Waals surface area contributed by atoms with Crippen LogP contribution in [0.15, 0.2) is 72.4 Å². The van der Waals surface area contributed by atoms with Crippen LogP contribution in [0.25, 0.3) is 11.4 Å². The Morgan fingerprint density at radius 3 is 2.19 bits per heavy atom. The topological polar surface area (TPSA) is 72.0 Å². The third-order valence-electron chi connectivity index (χ3n) is 4.16. The molecule has 0 saturated heterocycles. The molecule has 126 valence electrons. The summed E-state index contributed by atoms with van der Waals surface area (Å²) in [6, 6.07) is 18.6. The van der Waals surface area contributed by atoms with Crippen molar-refractivity contribution in [3.8, 4) is 11.4 Å². The molecule has 0 amide bonds. The number of carbonyl (C=O) groups excluding carboxylic acids is 2. The minimum atomic E-state index is -0.305. The van der Waals surface area contributed by atoms with Crippen LogP contribution in [0.4, 0.5) is 5.69 Å². The van der Waals surface area contributed by atoms with Gasteiger partial charge in [0.05, 0.1) is 17.0 Å². The van der Waals surface area contributed by atoms with Crippen molar-refractivity contribution in [1.29, 1.82) is 0 Å². The molecule has 1 heterocycles. The van der Waals surface area contributed by atoms with Crippen LogP contribution in [0.1, 0.15) is 26.5 Å². The summed E-state index contributed by atoms with van der Waals surface area (Å²) in [5.41, 5.74) is 2.68. The maximum atomic E-state index is 12.9. The van der Waals surface area contributed by atoms with Gasteiger partial charge in [-0.15, -0.1) is 0 Å². The maximum absolute atomic E-state index is 12.9. The molecule has 0 radical (unpaired) electrons. The van der Waals surface area contributed by atoms with E-state index in [-0.39, 0.29) is 28.5 Å². The number of hydrogen-bond acceptors (Lipinski definition) is 5. The van der Waals surface area contributed by atoms with E-state index in [0.29, 0.717) is 11.5 Å². The van der Waals surface area contributed by atoms with Crippen LogP contribution in [0.2, 0.25) is 0 Å². The highest BCUT2D eigenvalue weighted by Gasteiger charge is 2.30. The van der Waals surface area contributed by atoms with Crippen molar-refractivity contribution < 1.29 is 9.59 Å². The summed E-state index contributed by atoms with van der Waals surface area (Å²) in [7, 11) is 0. The molecule has 0 bridgehead atoms. The first-order valence-corrected chi connectivity index (χ1v) is 8.20. The molecule has 1 N–H and O–H groups in total. The minimum absolute atomic E-state index is 0.153. The van der Waals surface area contributed by atoms with Gasteiger partial charge >= 0.3 is 0 Å². The van der Waals surface area contributed by atoms with Crippen LogP contribution in [0.3, 0.4) is 0 Å². The summed E-state index contributed by atoms with van der Waals surface area (Å²) in [5.74, 6) is -0.142. The van der Waals surface area contributed by atoms with Crippen molar-refractivity contribution in [3.63, 3.8) is 0 Å². The number of carbonyl (C=O) groups is 2. The van der Waals surface area contributed by atoms with Gasteiger partial charge in [-0.05, 0) is 19.1 Å². The van der Waals surface area contributed by atoms with E-state index in [1.807, 2.05) is 60.7 Å². The van der Waals surface area contributed by atoms with Crippen molar-refractivity contribution in [3.05, 3.63) is 89.4 Å². The largest absolute Gasteiger partial charge is 0.352 e. The van der Waals surface area contributed by atoms with Gasteiger partial charge in [0.15, 0.2) is 5.82 Å². The van der Waals surface area contributed by atoms with Gasteiger partial charge in [0.1, 0.15) is 5.69 Å². The van der Waals surface area contributed by atoms with E-state index in [1.165, 1.54) is 6.08 Å². The van der Waals surface area contributed by atoms with E-state index < -0.39 is 0 Å². The molecule has 3 aromatic rings. The van der Waals surface area contributed by atoms with Crippen LogP contribution in [-0.4, -0.2) is 21.5 Å². The Hall–Kier alpha value is -3.60. The van der Waals surface area contributed by atoms with Crippen molar-refractivity contribution in [2.24, 2.45) is 0 Å². The van der Waals surface area contributed by atoms with Crippen molar-refractivity contribution in [2.75, 3.05) is 5.32 Å². The number of Topliss-reactive ketones (excluding diaryl/α,β-unsaturated/α-hetero) is 1. The molecule has 0 atom stereocenters. The Balaban J connectivity index is 1.76. The Labute approximate surface area is 150 Å². The number of fused-ring (bicyclic) bond motifs is 1. The standard InChI is InChI=1S/C21H15N3O2/c1-13-18-19(24-21(22-13)14-8-4-2-5-9-14)17(25)12-16(20(18)26)23-15-10-6-3-7-11-15/h2-12,23H,1H3. The zero-order valence-corrected chi connectivity index (χ0v) is 14.1. The van der Waals surface area contributed by atoms with Gasteiger partial charge in [0.25, 0.3) is 0 Å². The number of allylic oxidation sites excluding steroid dienone is 2. The number of anilines is 1. The summed E-state index contributed by atoms with van der Waals surface area (Å²) in [6.45, 7) is 1.73. The van der Waals surface area contributed by atoms with Crippen molar-refractivity contribution >= 4 is 17.3 Å². The van der Waals surface area contributed by atoms with Gasteiger partial charge < -0.3 is 5.32 Å². The number of rotatable bonds is 3. The lowest BCUT2D eigenvalue weighted by Crippen LogP contribution is -2.25. The molecule has 2 aromatic carbocycles. The molecular formula is C21H15N3O2. The first-order chi connectivity index (χ1) is 12.6. The summed E-state index contributed by atoms with van der Waals surface area (Å²) in [5, 5.41) is 3.01. The summed E-state index contributed by atoms with van der Waals surface area (Å²) in [6.07, 6.45) is 1.30. The van der Waals surface area contributed by atoms with E-state index in [2.05, 4.69) is 15.3 Å². The molecule has 5 heteroatoms. The second kappa shape index (κ2) is 6.37. The summed E-state index contributed by atoms with van der Waals surface area (Å²) >= 11 is 0. The molecule has 0 spiro atoms. The van der Waals surface area contributed by atoms with Gasteiger partial charge in [-0.2, -0.15) is 0 Å². The van der Waals surface area contributed by atoms with Crippen LogP contribution >= 0.6 is 0 Å². The molecule has 4 rings (SSSR count). The normalized spacial score (nSPS) is 13.2. The van der Waals surface area contributed by atoms with E-state index in [9.17, 15) is 9.59 Å². The smallest absolute Gasteiger partial charge is 0.213 e. The maximum Gasteiger partial charge on any atom is 0.213 e. The van der Waals surface area contributed by atoms with E-state index in [0.717, 1.165) is 11.3 Å². The lowest BCUT2D eigenvalue weighted by Gasteiger charge is -2.18. The highest BCUT2D eigenvalue weighted by atomic mass is 16.1. The minimum Gasteiger partial charge on any atom is -0.352 e. The molecule has 5 nitrogen and oxygen atoms in total. The fraction of sp³-hybridized carbons (Fsp3) is 0.0476. The van der Waals surface area contributed by atoms with Crippen LogP contribution in [0.5, 0.6) is 0 Å². The van der Waals surface area contributed by atoms with Crippen LogP contribution in [0, 0.1) is 6.92 Å². The number of benzene rings is 2. The lowest BCUT2D eigenvalue weighted by atomic mass is 9.95. The fourth-order valence-corrected chi connectivity index (χ4v) is 2.91. The first kappa shape index (κ1) is 15.9. The summed E-state index contributed by atoms with van der Waals surface area (Å²) < 4.78 is 0. The molecule has 1 aliphatic carbocycles. The second-order valence-corrected chi connectivity index (χ2v) is 5.96. The first-order valence-electron chi connectivity index (χ1n) is 8.20. The number of hydrogen-bond donors (Lipinski definition) is 1. The Morgan fingerprint density at radius 1 is 0.846 bits per heavy atom. The molecule has 0 saturated carbocycles. The molecule has 1 aliphatic rings. The average molecular weight is 341 g/mol. The predicted molar refractivity (Wildman–Crippen MR) is 99.0 cm³/mol. The molecular weight excluding hydrogens is 326 g/mol. The van der Waals surface area contributed by atoms with E-state index in [4.69, 9.17) is 0 Å². The van der Waals surface area contributed by atoms with E-state index >= 15 is 0 Å². The lowest BCUT2D eigenvalue weighted by molar-refractivity contribution is 0.0981. The summed E-state index contributed by atoms with van der Waals surface area (Å²) in [4.78, 5) is 34.3. The van der Waals surface area contributed by atoms with E-state index in [1.54, 1.807) is 6.92 Å². The zero-order valence-electron chi connectivity index (χ0n) is 14.1. The second-order valence-electron chi connectivity index (χ2n) is 5.96. The van der Waals surface area contributed by atoms with Crippen molar-refractivity contribution in [2.45, 2.75) is 6.92 Å². The SMILES string of the molecule is Cc1nc(-c2ccccc2)nc2c1C(=O)C(Nc1ccccc1)=CC2=O. The van der Waals surface area contributed by atoms with Crippen LogP contribution < -0.4 is 5.32 Å². The van der Waals surface area contributed by atoms with Gasteiger partial charge in [-0.1, -0.05) is 48.5 Å². The van der Waals surface area contributed by atoms with Crippen LogP contribution in [-0.2, 0) is 0 Å². The average Bonchev–Trinajstić information content (AvgIpc) is 2.67. The predicted octanol–water partition coefficient (Wildman–Crippen LogP) is 3.83. The quantitative estimate of drug-likeness (QED) is 0.784. The highest BCUT2D eigenvalue weighted by molar-refractivity contribution is 6.25. The third-order valence-corrected chi connectivity index (χ3v) is 4.16. The van der Waals surface area contributed by atoms with Gasteiger partial charge in [-0.3, -0.25) is 9.59 Å². The monoisotopic (exact) mass is 341 g/mol. The number of nitrogens with one attached hydrogen (secondary N) is 1. The van der Waals surface area contributed by atoms with Crippen molar-refractivity contribution in [1.82, 2.24) is 9.97 Å². The number of aromatic nitrogens is 2. The third kappa shape index (κ3) is 2.80. The number of aryl methyl sites for hydroxylation is 1. The highest BCUT2D eigenvalue weighted by Crippen LogP contribution is 2.26. The fourth-order valence-electron chi connectivity index (χ4n) is 2.91. The molecule has 26 heavy (non-hydrogen) atoms. The number of nitrogens with zero attached hydrogens (tertiary/aromatic N) is 2. The Morgan fingerprint density at radius 2 is 1.50 bits per heavy atom. The zero-order chi connectivity index (χ0) is 18.1. The van der Waals surface area contributed by atoms with Gasteiger partial charge in [0.2, 0.25) is 11.6 Å². The molecule has 0 unspecified atom stereocenters. The molecule has 0 fully saturated rings. The number of para-hydroxylation sites is 1. The number of ketones is 2. The van der Waals surface area contributed by atoms with Gasteiger partial charge in [0, 0.05) is 17.3 Å². The Kier molecular flexibility index (Phi) is 3.89.